The molecule has 6 heterocycles. The van der Waals surface area contributed by atoms with Crippen molar-refractivity contribution in [3.05, 3.63) is 90.3 Å². The summed E-state index contributed by atoms with van der Waals surface area (Å²) in [4.78, 5) is 17.1. The van der Waals surface area contributed by atoms with E-state index in [1.807, 2.05) is 43.1 Å². The molecule has 5 atom stereocenters. The molecule has 0 aliphatic carbocycles. The summed E-state index contributed by atoms with van der Waals surface area (Å²) >= 11 is 0. The van der Waals surface area contributed by atoms with E-state index >= 15 is 0 Å². The number of hydrogen-bond acceptors (Lipinski definition) is 3. The van der Waals surface area contributed by atoms with Gasteiger partial charge in [0.25, 0.3) is 0 Å². The number of rotatable bonds is 3. The van der Waals surface area contributed by atoms with Crippen LogP contribution in [0.4, 0.5) is 0 Å². The molecule has 6 heteroatoms. The molecular weight excluding hydrogens is 444 g/mol. The van der Waals surface area contributed by atoms with Crippen molar-refractivity contribution in [1.82, 2.24) is 14.9 Å². The largest absolute Gasteiger partial charge is 1.00 e. The number of nitrogens with one attached hydrogen (secondary N) is 3. The van der Waals surface area contributed by atoms with Gasteiger partial charge in [0.2, 0.25) is 0 Å². The topological polar surface area (TPSA) is 52.0 Å². The van der Waals surface area contributed by atoms with Crippen molar-refractivity contribution in [1.29, 1.82) is 0 Å². The molecule has 0 amide bonds. The zero-order valence-electron chi connectivity index (χ0n) is 24.4. The minimum absolute atomic E-state index is 0. The lowest BCUT2D eigenvalue weighted by molar-refractivity contribution is -0.898. The second-order valence-corrected chi connectivity index (χ2v) is 10.6. The number of quaternary nitrogens is 2. The Kier molecular flexibility index (Phi) is 9.96. The van der Waals surface area contributed by atoms with Gasteiger partial charge < -0.3 is 9.80 Å². The summed E-state index contributed by atoms with van der Waals surface area (Å²) < 4.78 is 0. The van der Waals surface area contributed by atoms with Gasteiger partial charge in [-0.1, -0.05) is 12.1 Å². The van der Waals surface area contributed by atoms with Gasteiger partial charge in [0.05, 0.1) is 32.7 Å². The number of likely N-dealkylation sites (tertiary alicyclic amines) is 3. The van der Waals surface area contributed by atoms with Crippen LogP contribution in [0.1, 0.15) is 76.2 Å². The minimum atomic E-state index is 0. The Bertz CT molecular complexity index is 879. The molecule has 6 rings (SSSR count). The first-order chi connectivity index (χ1) is 17.6. The molecule has 0 saturated carbocycles. The third-order valence-electron chi connectivity index (χ3n) is 8.13. The van der Waals surface area contributed by atoms with Crippen molar-refractivity contribution in [2.24, 2.45) is 0 Å². The van der Waals surface area contributed by atoms with Crippen molar-refractivity contribution < 1.29 is 17.6 Å². The highest BCUT2D eigenvalue weighted by Crippen LogP contribution is 2.29. The standard InChI is InChI=1S/3C10H14N2/c3*1-12-7-3-5-10(12)9-4-2-6-11-8-9/h3*2,4,6,8,10H,3,5,7H2,1H3/p+5/t3*10-/m000/s1. The van der Waals surface area contributed by atoms with E-state index in [4.69, 9.17) is 0 Å². The zero-order valence-corrected chi connectivity index (χ0v) is 22.4. The molecular formula is C30H47N6+5. The van der Waals surface area contributed by atoms with Gasteiger partial charge in [-0.15, -0.1) is 0 Å². The molecule has 0 bridgehead atoms. The number of H-pyrrole nitrogens is 1. The summed E-state index contributed by atoms with van der Waals surface area (Å²) in [6.45, 7) is 3.85. The lowest BCUT2D eigenvalue weighted by Crippen LogP contribution is -3.07. The smallest absolute Gasteiger partial charge is 0.331 e. The molecule has 3 N–H and O–H groups in total. The van der Waals surface area contributed by atoms with Crippen molar-refractivity contribution in [2.75, 3.05) is 40.8 Å². The molecule has 0 aromatic carbocycles. The van der Waals surface area contributed by atoms with Gasteiger partial charge in [-0.25, -0.2) is 4.98 Å². The van der Waals surface area contributed by atoms with E-state index in [2.05, 4.69) is 71.5 Å². The highest BCUT2D eigenvalue weighted by atomic mass is 15.2. The average Bonchev–Trinajstić information content (AvgIpc) is 3.67. The first kappa shape index (κ1) is 26.4. The number of aromatic nitrogens is 3. The van der Waals surface area contributed by atoms with Crippen LogP contribution in [0.15, 0.2) is 73.6 Å². The quantitative estimate of drug-likeness (QED) is 0.592. The fourth-order valence-electron chi connectivity index (χ4n) is 6.02. The summed E-state index contributed by atoms with van der Waals surface area (Å²) in [5, 5.41) is 0. The van der Waals surface area contributed by atoms with Crippen LogP contribution in [-0.2, 0) is 0 Å². The summed E-state index contributed by atoms with van der Waals surface area (Å²) in [5.41, 5.74) is 4.21. The maximum Gasteiger partial charge on any atom is 1.00 e. The van der Waals surface area contributed by atoms with E-state index in [0.29, 0.717) is 12.1 Å². The van der Waals surface area contributed by atoms with Gasteiger partial charge in [0.1, 0.15) is 12.1 Å². The van der Waals surface area contributed by atoms with E-state index < -0.39 is 0 Å². The Morgan fingerprint density at radius 1 is 0.806 bits per heavy atom. The van der Waals surface area contributed by atoms with Crippen molar-refractivity contribution in [3.63, 3.8) is 0 Å². The van der Waals surface area contributed by atoms with Crippen LogP contribution in [0.2, 0.25) is 0 Å². The molecule has 3 aliphatic heterocycles. The SMILES string of the molecule is CN1CCC[C@H]1c1cccnc1.C[NH+]1CCC[C@H]1c1ccc[nH+]c1.C[NH+]1CCC[C@H]1c1cccnc1.[H+].[H+]. The number of pyridine rings is 3. The fraction of sp³-hybridized carbons (Fsp3) is 0.500. The Morgan fingerprint density at radius 3 is 1.89 bits per heavy atom. The molecule has 192 valence electrons. The monoisotopic (exact) mass is 491 g/mol. The van der Waals surface area contributed by atoms with E-state index in [-0.39, 0.29) is 2.85 Å². The number of nitrogens with zero attached hydrogens (tertiary/aromatic N) is 3. The van der Waals surface area contributed by atoms with Crippen LogP contribution in [-0.4, -0.2) is 55.6 Å². The summed E-state index contributed by atoms with van der Waals surface area (Å²) in [6, 6.07) is 14.7. The van der Waals surface area contributed by atoms with Gasteiger partial charge in [0.15, 0.2) is 12.4 Å². The van der Waals surface area contributed by atoms with Gasteiger partial charge in [-0.05, 0) is 50.2 Å². The molecule has 36 heavy (non-hydrogen) atoms. The Morgan fingerprint density at radius 2 is 1.42 bits per heavy atom. The second kappa shape index (κ2) is 13.6. The van der Waals surface area contributed by atoms with Crippen LogP contribution in [0.3, 0.4) is 0 Å². The Labute approximate surface area is 220 Å². The molecule has 0 spiro atoms. The summed E-state index contributed by atoms with van der Waals surface area (Å²) in [7, 11) is 6.74. The van der Waals surface area contributed by atoms with Crippen molar-refractivity contribution >= 4 is 0 Å². The Balaban J connectivity index is 0.000000195. The molecule has 3 saturated heterocycles. The fourth-order valence-corrected chi connectivity index (χ4v) is 6.02. The third kappa shape index (κ3) is 7.19. The minimum Gasteiger partial charge on any atom is -0.331 e. The van der Waals surface area contributed by atoms with E-state index in [9.17, 15) is 0 Å². The first-order valence-corrected chi connectivity index (χ1v) is 13.7. The maximum atomic E-state index is 4.15. The van der Waals surface area contributed by atoms with E-state index in [1.54, 1.807) is 9.80 Å². The van der Waals surface area contributed by atoms with Gasteiger partial charge in [-0.3, -0.25) is 14.9 Å². The normalized spacial score (nSPS) is 27.6. The van der Waals surface area contributed by atoms with Crippen molar-refractivity contribution in [2.45, 2.75) is 56.7 Å². The maximum absolute atomic E-state index is 4.15. The van der Waals surface area contributed by atoms with Gasteiger partial charge in [-0.2, -0.15) is 0 Å². The molecule has 0 radical (unpaired) electrons. The van der Waals surface area contributed by atoms with Crippen LogP contribution >= 0.6 is 0 Å². The van der Waals surface area contributed by atoms with Crippen LogP contribution in [0.5, 0.6) is 0 Å². The third-order valence-corrected chi connectivity index (χ3v) is 8.13. The number of hydrogen-bond donors (Lipinski definition) is 2. The summed E-state index contributed by atoms with van der Waals surface area (Å²) in [6.07, 6.45) is 19.7. The van der Waals surface area contributed by atoms with E-state index in [1.165, 1.54) is 74.8 Å². The van der Waals surface area contributed by atoms with E-state index in [0.717, 1.165) is 6.04 Å². The van der Waals surface area contributed by atoms with Crippen LogP contribution in [0, 0.1) is 0 Å². The highest BCUT2D eigenvalue weighted by Gasteiger charge is 2.28. The molecule has 2 unspecified atom stereocenters. The predicted octanol–water partition coefficient (Wildman–Crippen LogP) is 2.35. The highest BCUT2D eigenvalue weighted by molar-refractivity contribution is 5.15. The zero-order chi connectivity index (χ0) is 25.2. The molecule has 3 aliphatic rings. The molecule has 3 aromatic rings. The summed E-state index contributed by atoms with van der Waals surface area (Å²) in [5.74, 6) is 0. The molecule has 3 aromatic heterocycles. The Hall–Kier alpha value is -2.67. The van der Waals surface area contributed by atoms with Gasteiger partial charge in [0, 0.05) is 68.1 Å². The van der Waals surface area contributed by atoms with Crippen LogP contribution < -0.4 is 14.8 Å². The van der Waals surface area contributed by atoms with Crippen molar-refractivity contribution in [3.8, 4) is 0 Å². The molecule has 6 nitrogen and oxygen atoms in total. The number of aromatic amines is 1. The lowest BCUT2D eigenvalue weighted by Gasteiger charge is -2.18. The van der Waals surface area contributed by atoms with Gasteiger partial charge >= 0.3 is 2.85 Å². The predicted molar refractivity (Wildman–Crippen MR) is 146 cm³/mol. The molecule has 3 fully saturated rings. The lowest BCUT2D eigenvalue weighted by atomic mass is 10.1. The van der Waals surface area contributed by atoms with Crippen LogP contribution in [0.25, 0.3) is 0 Å². The first-order valence-electron chi connectivity index (χ1n) is 13.7. The average molecular weight is 492 g/mol. The second-order valence-electron chi connectivity index (χ2n) is 10.6.